The zero-order valence-electron chi connectivity index (χ0n) is 16.5. The van der Waals surface area contributed by atoms with Crippen molar-refractivity contribution in [2.75, 3.05) is 19.6 Å². The van der Waals surface area contributed by atoms with Gasteiger partial charge >= 0.3 is 6.09 Å². The number of halogens is 3. The lowest BCUT2D eigenvalue weighted by Crippen LogP contribution is -2.48. The molecule has 158 valence electrons. The molecule has 2 aromatic rings. The fourth-order valence-electron chi connectivity index (χ4n) is 3.98. The van der Waals surface area contributed by atoms with Crippen LogP contribution < -0.4 is 0 Å². The van der Waals surface area contributed by atoms with Crippen LogP contribution in [0.15, 0.2) is 36.4 Å². The molecule has 0 N–H and O–H groups in total. The van der Waals surface area contributed by atoms with Crippen molar-refractivity contribution in [3.05, 3.63) is 68.3 Å². The molecule has 2 saturated heterocycles. The number of piperidine rings is 1. The van der Waals surface area contributed by atoms with E-state index in [0.29, 0.717) is 39.0 Å². The molecule has 2 amide bonds. The van der Waals surface area contributed by atoms with Crippen LogP contribution in [-0.2, 0) is 11.3 Å². The van der Waals surface area contributed by atoms with Crippen molar-refractivity contribution in [2.45, 2.75) is 31.9 Å². The van der Waals surface area contributed by atoms with E-state index in [2.05, 4.69) is 22.6 Å². The first-order chi connectivity index (χ1) is 14.3. The molecule has 2 fully saturated rings. The first-order valence-electron chi connectivity index (χ1n) is 9.74. The maximum atomic E-state index is 14.2. The fraction of sp³-hybridized carbons (Fsp3) is 0.364. The van der Waals surface area contributed by atoms with Gasteiger partial charge in [0.15, 0.2) is 11.6 Å². The van der Waals surface area contributed by atoms with Crippen molar-refractivity contribution in [3.8, 4) is 0 Å². The minimum Gasteiger partial charge on any atom is -0.441 e. The number of aryl methyl sites for hydroxylation is 1. The third kappa shape index (κ3) is 4.01. The van der Waals surface area contributed by atoms with E-state index in [9.17, 15) is 18.4 Å². The van der Waals surface area contributed by atoms with Crippen LogP contribution in [0.4, 0.5) is 13.6 Å². The number of hydrogen-bond donors (Lipinski definition) is 0. The minimum atomic E-state index is -1.11. The van der Waals surface area contributed by atoms with E-state index in [-0.39, 0.29) is 17.2 Å². The van der Waals surface area contributed by atoms with Gasteiger partial charge in [-0.15, -0.1) is 0 Å². The Hall–Kier alpha value is -2.23. The lowest BCUT2D eigenvalue weighted by Gasteiger charge is -2.37. The summed E-state index contributed by atoms with van der Waals surface area (Å²) in [5.74, 6) is -2.65. The van der Waals surface area contributed by atoms with Crippen LogP contribution in [0.2, 0.25) is 0 Å². The molecule has 5 nitrogen and oxygen atoms in total. The monoisotopic (exact) mass is 526 g/mol. The molecule has 0 bridgehead atoms. The van der Waals surface area contributed by atoms with Gasteiger partial charge in [0.1, 0.15) is 5.60 Å². The number of hydrogen-bond acceptors (Lipinski definition) is 3. The first kappa shape index (κ1) is 21.0. The molecule has 0 aliphatic carbocycles. The molecular weight excluding hydrogens is 505 g/mol. The third-order valence-electron chi connectivity index (χ3n) is 5.80. The van der Waals surface area contributed by atoms with E-state index in [1.807, 2.05) is 24.3 Å². The predicted molar refractivity (Wildman–Crippen MR) is 115 cm³/mol. The Morgan fingerprint density at radius 2 is 1.77 bits per heavy atom. The Morgan fingerprint density at radius 3 is 2.43 bits per heavy atom. The highest BCUT2D eigenvalue weighted by Crippen LogP contribution is 2.34. The van der Waals surface area contributed by atoms with E-state index in [0.717, 1.165) is 9.13 Å². The molecule has 4 rings (SSSR count). The normalized spacial score (nSPS) is 18.1. The SMILES string of the molecule is Cc1ccc(C(=O)N2CCC3(CC2)CN(Cc2ccc(I)cc2)C(=O)O3)c(F)c1F. The van der Waals surface area contributed by atoms with Gasteiger partial charge in [-0.25, -0.2) is 13.6 Å². The number of likely N-dealkylation sites (tertiary alicyclic amines) is 1. The van der Waals surface area contributed by atoms with E-state index >= 15 is 0 Å². The van der Waals surface area contributed by atoms with Crippen LogP contribution in [-0.4, -0.2) is 47.0 Å². The number of carbonyl (C=O) groups is 2. The number of rotatable bonds is 3. The Kier molecular flexibility index (Phi) is 5.69. The molecule has 0 radical (unpaired) electrons. The molecule has 1 spiro atoms. The van der Waals surface area contributed by atoms with Crippen LogP contribution in [0.5, 0.6) is 0 Å². The second kappa shape index (κ2) is 8.13. The molecule has 2 aromatic carbocycles. The molecular formula is C22H21F2IN2O3. The van der Waals surface area contributed by atoms with E-state index in [1.54, 1.807) is 4.90 Å². The average Bonchev–Trinajstić information content (AvgIpc) is 3.02. The van der Waals surface area contributed by atoms with E-state index in [1.165, 1.54) is 24.0 Å². The molecule has 30 heavy (non-hydrogen) atoms. The highest BCUT2D eigenvalue weighted by atomic mass is 127. The summed E-state index contributed by atoms with van der Waals surface area (Å²) in [5.41, 5.74) is 0.271. The largest absolute Gasteiger partial charge is 0.441 e. The quantitative estimate of drug-likeness (QED) is 0.554. The number of amides is 2. The van der Waals surface area contributed by atoms with Gasteiger partial charge in [0, 0.05) is 36.0 Å². The van der Waals surface area contributed by atoms with Crippen molar-refractivity contribution in [1.82, 2.24) is 9.80 Å². The van der Waals surface area contributed by atoms with Gasteiger partial charge in [0.05, 0.1) is 12.1 Å². The van der Waals surface area contributed by atoms with Gasteiger partial charge in [0.25, 0.3) is 5.91 Å². The Balaban J connectivity index is 1.40. The summed E-state index contributed by atoms with van der Waals surface area (Å²) in [4.78, 5) is 28.3. The molecule has 2 heterocycles. The van der Waals surface area contributed by atoms with E-state index < -0.39 is 23.1 Å². The van der Waals surface area contributed by atoms with Crippen molar-refractivity contribution in [2.24, 2.45) is 0 Å². The molecule has 0 unspecified atom stereocenters. The van der Waals surface area contributed by atoms with Crippen LogP contribution >= 0.6 is 22.6 Å². The van der Waals surface area contributed by atoms with Crippen LogP contribution in [0.1, 0.15) is 34.3 Å². The summed E-state index contributed by atoms with van der Waals surface area (Å²) in [6.07, 6.45) is 0.563. The molecule has 0 saturated carbocycles. The Morgan fingerprint density at radius 1 is 1.10 bits per heavy atom. The fourth-order valence-corrected chi connectivity index (χ4v) is 4.34. The lowest BCUT2D eigenvalue weighted by molar-refractivity contribution is 0.00299. The molecule has 0 atom stereocenters. The maximum absolute atomic E-state index is 14.2. The number of carbonyl (C=O) groups excluding carboxylic acids is 2. The van der Waals surface area contributed by atoms with Gasteiger partial charge in [0.2, 0.25) is 0 Å². The second-order valence-electron chi connectivity index (χ2n) is 7.88. The van der Waals surface area contributed by atoms with Gasteiger partial charge in [-0.05, 0) is 58.8 Å². The zero-order valence-corrected chi connectivity index (χ0v) is 18.6. The van der Waals surface area contributed by atoms with Crippen LogP contribution in [0.25, 0.3) is 0 Å². The second-order valence-corrected chi connectivity index (χ2v) is 9.13. The topological polar surface area (TPSA) is 49.9 Å². The first-order valence-corrected chi connectivity index (χ1v) is 10.8. The van der Waals surface area contributed by atoms with Gasteiger partial charge in [-0.2, -0.15) is 0 Å². The minimum absolute atomic E-state index is 0.160. The maximum Gasteiger partial charge on any atom is 0.410 e. The summed E-state index contributed by atoms with van der Waals surface area (Å²) < 4.78 is 34.9. The predicted octanol–water partition coefficient (Wildman–Crippen LogP) is 4.51. The standard InChI is InChI=1S/C22H21F2IN2O3/c1-14-2-7-17(19(24)18(14)23)20(28)26-10-8-22(9-11-26)13-27(21(29)30-22)12-15-3-5-16(25)6-4-15/h2-7H,8-13H2,1H3. The van der Waals surface area contributed by atoms with Crippen molar-refractivity contribution in [1.29, 1.82) is 0 Å². The average molecular weight is 526 g/mol. The third-order valence-corrected chi connectivity index (χ3v) is 6.51. The summed E-state index contributed by atoms with van der Waals surface area (Å²) in [7, 11) is 0. The van der Waals surface area contributed by atoms with Crippen molar-refractivity contribution < 1.29 is 23.1 Å². The lowest BCUT2D eigenvalue weighted by atomic mass is 9.91. The van der Waals surface area contributed by atoms with Crippen molar-refractivity contribution in [3.63, 3.8) is 0 Å². The molecule has 2 aliphatic rings. The summed E-state index contributed by atoms with van der Waals surface area (Å²) in [6.45, 7) is 3.01. The zero-order chi connectivity index (χ0) is 21.5. The highest BCUT2D eigenvalue weighted by Gasteiger charge is 2.47. The van der Waals surface area contributed by atoms with Gasteiger partial charge < -0.3 is 9.64 Å². The summed E-state index contributed by atoms with van der Waals surface area (Å²) in [5, 5.41) is 0. The van der Waals surface area contributed by atoms with Crippen LogP contribution in [0.3, 0.4) is 0 Å². The summed E-state index contributed by atoms with van der Waals surface area (Å²) >= 11 is 2.23. The Labute approximate surface area is 187 Å². The van der Waals surface area contributed by atoms with Gasteiger partial charge in [-0.1, -0.05) is 18.2 Å². The highest BCUT2D eigenvalue weighted by molar-refractivity contribution is 14.1. The van der Waals surface area contributed by atoms with E-state index in [4.69, 9.17) is 4.74 Å². The molecule has 8 heteroatoms. The number of ether oxygens (including phenoxy) is 1. The molecule has 0 aromatic heterocycles. The molecule has 2 aliphatic heterocycles. The van der Waals surface area contributed by atoms with Crippen molar-refractivity contribution >= 4 is 34.6 Å². The number of nitrogens with zero attached hydrogens (tertiary/aromatic N) is 2. The van der Waals surface area contributed by atoms with Gasteiger partial charge in [-0.3, -0.25) is 9.69 Å². The smallest absolute Gasteiger partial charge is 0.410 e. The number of benzene rings is 2. The summed E-state index contributed by atoms with van der Waals surface area (Å²) in [6, 6.07) is 10.7. The van der Waals surface area contributed by atoms with Crippen LogP contribution in [0, 0.1) is 22.1 Å². The Bertz CT molecular complexity index is 989.